The Morgan fingerprint density at radius 1 is 0.826 bits per heavy atom. The maximum atomic E-state index is 13.0. The van der Waals surface area contributed by atoms with Gasteiger partial charge in [-0.15, -0.1) is 0 Å². The van der Waals surface area contributed by atoms with Crippen molar-refractivity contribution < 1.29 is 9.90 Å². The molecule has 1 heterocycles. The van der Waals surface area contributed by atoms with Crippen LogP contribution in [0.5, 0.6) is 5.75 Å². The fourth-order valence-corrected chi connectivity index (χ4v) is 3.47. The first-order chi connectivity index (χ1) is 11.3. The number of nitrogens with zero attached hydrogens (tertiary/aromatic N) is 1. The topological polar surface area (TPSA) is 50.2 Å². The highest BCUT2D eigenvalue weighted by molar-refractivity contribution is 6.27. The number of pyridine rings is 1. The van der Waals surface area contributed by atoms with E-state index in [1.54, 1.807) is 6.07 Å². The molecule has 0 bridgehead atoms. The second-order valence-electron chi connectivity index (χ2n) is 5.74. The molecule has 1 aliphatic rings. The molecule has 5 rings (SSSR count). The molecular weight excluding hydrogens is 286 g/mol. The standard InChI is InChI=1S/C20H11NO2/c22-19-12-7-1-2-10-15(12)21-18-13-8-3-5-11-6-4-9-14(16(11)13)20(23)17(18)19/h1-10H,(H,21,22). The van der Waals surface area contributed by atoms with Gasteiger partial charge < -0.3 is 5.11 Å². The summed E-state index contributed by atoms with van der Waals surface area (Å²) in [4.78, 5) is 17.6. The monoisotopic (exact) mass is 297 g/mol. The molecular formula is C20H11NO2. The fourth-order valence-electron chi connectivity index (χ4n) is 3.47. The molecule has 0 unspecified atom stereocenters. The van der Waals surface area contributed by atoms with Crippen LogP contribution in [0.4, 0.5) is 0 Å². The number of hydrogen-bond donors (Lipinski definition) is 1. The summed E-state index contributed by atoms with van der Waals surface area (Å²) >= 11 is 0. The maximum Gasteiger partial charge on any atom is 0.199 e. The lowest BCUT2D eigenvalue weighted by Gasteiger charge is -2.20. The number of carbonyl (C=O) groups excluding carboxylic acids is 1. The van der Waals surface area contributed by atoms with Crippen molar-refractivity contribution in [3.8, 4) is 17.0 Å². The minimum Gasteiger partial charge on any atom is -0.506 e. The second-order valence-corrected chi connectivity index (χ2v) is 5.74. The normalized spacial score (nSPS) is 12.6. The number of hydrogen-bond acceptors (Lipinski definition) is 3. The van der Waals surface area contributed by atoms with E-state index >= 15 is 0 Å². The third-order valence-electron chi connectivity index (χ3n) is 4.50. The van der Waals surface area contributed by atoms with Gasteiger partial charge in [-0.1, -0.05) is 48.5 Å². The minimum absolute atomic E-state index is 0.0158. The summed E-state index contributed by atoms with van der Waals surface area (Å²) in [6, 6.07) is 18.9. The van der Waals surface area contributed by atoms with Crippen molar-refractivity contribution in [2.24, 2.45) is 0 Å². The average Bonchev–Trinajstić information content (AvgIpc) is 2.59. The van der Waals surface area contributed by atoms with Crippen LogP contribution in [0.1, 0.15) is 15.9 Å². The zero-order valence-electron chi connectivity index (χ0n) is 12.1. The largest absolute Gasteiger partial charge is 0.506 e. The molecule has 4 aromatic rings. The van der Waals surface area contributed by atoms with Crippen molar-refractivity contribution in [1.82, 2.24) is 4.98 Å². The highest BCUT2D eigenvalue weighted by Crippen LogP contribution is 2.43. The highest BCUT2D eigenvalue weighted by atomic mass is 16.3. The quantitative estimate of drug-likeness (QED) is 0.463. The molecule has 0 radical (unpaired) electrons. The summed E-state index contributed by atoms with van der Waals surface area (Å²) in [7, 11) is 0. The number of carbonyl (C=O) groups is 1. The van der Waals surface area contributed by atoms with Gasteiger partial charge in [0.2, 0.25) is 0 Å². The smallest absolute Gasteiger partial charge is 0.199 e. The molecule has 1 N–H and O–H groups in total. The summed E-state index contributed by atoms with van der Waals surface area (Å²) in [6.45, 7) is 0. The molecule has 3 aromatic carbocycles. The van der Waals surface area contributed by atoms with E-state index in [-0.39, 0.29) is 11.5 Å². The van der Waals surface area contributed by atoms with Crippen LogP contribution >= 0.6 is 0 Å². The molecule has 1 aromatic heterocycles. The van der Waals surface area contributed by atoms with Crippen LogP contribution in [0.15, 0.2) is 60.7 Å². The van der Waals surface area contributed by atoms with Gasteiger partial charge in [-0.3, -0.25) is 4.79 Å². The SMILES string of the molecule is O=C1c2c(nc3ccccc3c2O)-c2cccc3cccc1c23. The zero-order valence-corrected chi connectivity index (χ0v) is 12.1. The number of ketones is 1. The fraction of sp³-hybridized carbons (Fsp3) is 0. The van der Waals surface area contributed by atoms with Crippen molar-refractivity contribution in [1.29, 1.82) is 0 Å². The van der Waals surface area contributed by atoms with Gasteiger partial charge in [-0.2, -0.15) is 0 Å². The Labute approximate surface area is 131 Å². The summed E-state index contributed by atoms with van der Waals surface area (Å²) in [5.74, 6) is -0.151. The Morgan fingerprint density at radius 2 is 1.57 bits per heavy atom. The van der Waals surface area contributed by atoms with Crippen LogP contribution in [0.3, 0.4) is 0 Å². The first-order valence-corrected chi connectivity index (χ1v) is 7.44. The molecule has 0 saturated heterocycles. The molecule has 3 nitrogen and oxygen atoms in total. The van der Waals surface area contributed by atoms with Crippen LogP contribution in [0.2, 0.25) is 0 Å². The van der Waals surface area contributed by atoms with E-state index in [0.29, 0.717) is 27.7 Å². The van der Waals surface area contributed by atoms with Gasteiger partial charge in [-0.05, 0) is 17.5 Å². The lowest BCUT2D eigenvalue weighted by molar-refractivity contribution is 0.103. The van der Waals surface area contributed by atoms with Crippen LogP contribution < -0.4 is 0 Å². The Balaban J connectivity index is 2.04. The molecule has 0 aliphatic heterocycles. The minimum atomic E-state index is -0.167. The number of benzene rings is 3. The number of aromatic nitrogens is 1. The first kappa shape index (κ1) is 12.4. The summed E-state index contributed by atoms with van der Waals surface area (Å²) < 4.78 is 0. The van der Waals surface area contributed by atoms with Gasteiger partial charge >= 0.3 is 0 Å². The lowest BCUT2D eigenvalue weighted by atomic mass is 9.84. The van der Waals surface area contributed by atoms with Crippen LogP contribution in [0.25, 0.3) is 32.9 Å². The van der Waals surface area contributed by atoms with E-state index in [1.807, 2.05) is 54.6 Å². The Kier molecular flexibility index (Phi) is 2.24. The number of fused-ring (bicyclic) bond motifs is 3. The number of para-hydroxylation sites is 1. The molecule has 1 aliphatic carbocycles. The summed E-state index contributed by atoms with van der Waals surface area (Å²) in [5.41, 5.74) is 3.07. The number of aromatic hydroxyl groups is 1. The van der Waals surface area contributed by atoms with E-state index in [4.69, 9.17) is 0 Å². The Morgan fingerprint density at radius 3 is 2.39 bits per heavy atom. The third kappa shape index (κ3) is 1.48. The molecule has 23 heavy (non-hydrogen) atoms. The van der Waals surface area contributed by atoms with Gasteiger partial charge in [0.25, 0.3) is 0 Å². The molecule has 0 saturated carbocycles. The highest BCUT2D eigenvalue weighted by Gasteiger charge is 2.30. The third-order valence-corrected chi connectivity index (χ3v) is 4.50. The van der Waals surface area contributed by atoms with Crippen LogP contribution in [-0.2, 0) is 0 Å². The van der Waals surface area contributed by atoms with Crippen molar-refractivity contribution in [3.05, 3.63) is 71.8 Å². The van der Waals surface area contributed by atoms with Crippen LogP contribution in [0, 0.1) is 0 Å². The first-order valence-electron chi connectivity index (χ1n) is 7.44. The van der Waals surface area contributed by atoms with Crippen molar-refractivity contribution in [2.45, 2.75) is 0 Å². The predicted molar refractivity (Wildman–Crippen MR) is 89.8 cm³/mol. The number of rotatable bonds is 0. The second kappa shape index (κ2) is 4.17. The van der Waals surface area contributed by atoms with E-state index in [9.17, 15) is 9.90 Å². The molecule has 3 heteroatoms. The maximum absolute atomic E-state index is 13.0. The van der Waals surface area contributed by atoms with Crippen molar-refractivity contribution in [2.75, 3.05) is 0 Å². The molecule has 0 atom stereocenters. The molecule has 0 amide bonds. The van der Waals surface area contributed by atoms with Gasteiger partial charge in [0.1, 0.15) is 5.75 Å². The molecule has 0 fully saturated rings. The Hall–Kier alpha value is -3.20. The van der Waals surface area contributed by atoms with Crippen molar-refractivity contribution >= 4 is 27.5 Å². The predicted octanol–water partition coefficient (Wildman–Crippen LogP) is 4.31. The van der Waals surface area contributed by atoms with Crippen molar-refractivity contribution in [3.63, 3.8) is 0 Å². The van der Waals surface area contributed by atoms with Crippen LogP contribution in [-0.4, -0.2) is 15.9 Å². The van der Waals surface area contributed by atoms with E-state index in [0.717, 1.165) is 16.3 Å². The van der Waals surface area contributed by atoms with Gasteiger partial charge in [0.05, 0.1) is 16.8 Å². The zero-order chi connectivity index (χ0) is 15.6. The van der Waals surface area contributed by atoms with Gasteiger partial charge in [-0.25, -0.2) is 4.98 Å². The molecule has 108 valence electrons. The van der Waals surface area contributed by atoms with E-state index in [2.05, 4.69) is 4.98 Å². The Bertz CT molecular complexity index is 1140. The van der Waals surface area contributed by atoms with Gasteiger partial charge in [0.15, 0.2) is 5.78 Å². The summed E-state index contributed by atoms with van der Waals surface area (Å²) in [6.07, 6.45) is 0. The summed E-state index contributed by atoms with van der Waals surface area (Å²) in [5, 5.41) is 13.2. The average molecular weight is 297 g/mol. The van der Waals surface area contributed by atoms with E-state index in [1.165, 1.54) is 0 Å². The lowest BCUT2D eigenvalue weighted by Crippen LogP contribution is -2.12. The molecule has 0 spiro atoms. The van der Waals surface area contributed by atoms with E-state index < -0.39 is 0 Å². The van der Waals surface area contributed by atoms with Gasteiger partial charge in [0, 0.05) is 21.9 Å².